The van der Waals surface area contributed by atoms with Crippen LogP contribution in [0.25, 0.3) is 0 Å². The number of morpholine rings is 1. The number of anilines is 1. The van der Waals surface area contributed by atoms with E-state index >= 15 is 0 Å². The second-order valence-corrected chi connectivity index (χ2v) is 6.36. The normalized spacial score (nSPS) is 17.0. The summed E-state index contributed by atoms with van der Waals surface area (Å²) in [5, 5.41) is 6.96. The molecule has 6 heteroatoms. The van der Waals surface area contributed by atoms with E-state index in [1.807, 2.05) is 6.92 Å². The highest BCUT2D eigenvalue weighted by Crippen LogP contribution is 2.13. The molecule has 1 fully saturated rings. The monoisotopic (exact) mass is 339 g/mol. The molecule has 0 unspecified atom stereocenters. The SMILES string of the molecule is C[C@@H](CC(=O)Nc1ccc(Cl)cc1)NCCCN1CCOCC1. The molecular weight excluding hydrogens is 314 g/mol. The Morgan fingerprint density at radius 3 is 2.70 bits per heavy atom. The van der Waals surface area contributed by atoms with Gasteiger partial charge in [-0.25, -0.2) is 0 Å². The first-order valence-corrected chi connectivity index (χ1v) is 8.60. The second kappa shape index (κ2) is 9.88. The summed E-state index contributed by atoms with van der Waals surface area (Å²) in [6.07, 6.45) is 1.54. The molecule has 1 aromatic carbocycles. The number of carbonyl (C=O) groups excluding carboxylic acids is 1. The highest BCUT2D eigenvalue weighted by molar-refractivity contribution is 6.30. The summed E-state index contributed by atoms with van der Waals surface area (Å²) in [7, 11) is 0. The van der Waals surface area contributed by atoms with E-state index < -0.39 is 0 Å². The molecule has 0 aromatic heterocycles. The lowest BCUT2D eigenvalue weighted by Gasteiger charge is -2.26. The molecule has 128 valence electrons. The number of nitrogens with zero attached hydrogens (tertiary/aromatic N) is 1. The van der Waals surface area contributed by atoms with E-state index in [-0.39, 0.29) is 11.9 Å². The van der Waals surface area contributed by atoms with E-state index in [2.05, 4.69) is 15.5 Å². The van der Waals surface area contributed by atoms with Gasteiger partial charge in [-0.3, -0.25) is 9.69 Å². The van der Waals surface area contributed by atoms with Gasteiger partial charge >= 0.3 is 0 Å². The minimum absolute atomic E-state index is 0.0144. The van der Waals surface area contributed by atoms with Crippen LogP contribution in [0, 0.1) is 0 Å². The van der Waals surface area contributed by atoms with Crippen LogP contribution in [0.1, 0.15) is 19.8 Å². The Hall–Kier alpha value is -1.14. The van der Waals surface area contributed by atoms with Gasteiger partial charge in [-0.15, -0.1) is 0 Å². The number of halogens is 1. The second-order valence-electron chi connectivity index (χ2n) is 5.92. The molecule has 1 aromatic rings. The number of hydrogen-bond donors (Lipinski definition) is 2. The molecule has 1 atom stereocenters. The predicted molar refractivity (Wildman–Crippen MR) is 94.0 cm³/mol. The first-order chi connectivity index (χ1) is 11.1. The van der Waals surface area contributed by atoms with Crippen molar-refractivity contribution < 1.29 is 9.53 Å². The van der Waals surface area contributed by atoms with Gasteiger partial charge in [0.25, 0.3) is 0 Å². The fraction of sp³-hybridized carbons (Fsp3) is 0.588. The van der Waals surface area contributed by atoms with E-state index in [1.54, 1.807) is 24.3 Å². The third-order valence-corrected chi connectivity index (χ3v) is 4.12. The fourth-order valence-corrected chi connectivity index (χ4v) is 2.70. The third-order valence-electron chi connectivity index (χ3n) is 3.87. The zero-order valence-electron chi connectivity index (χ0n) is 13.7. The summed E-state index contributed by atoms with van der Waals surface area (Å²) >= 11 is 5.83. The number of nitrogens with one attached hydrogen (secondary N) is 2. The maximum absolute atomic E-state index is 12.0. The van der Waals surface area contributed by atoms with Crippen LogP contribution in [0.4, 0.5) is 5.69 Å². The lowest BCUT2D eigenvalue weighted by Crippen LogP contribution is -2.38. The fourth-order valence-electron chi connectivity index (χ4n) is 2.57. The number of rotatable bonds is 8. The molecule has 0 spiro atoms. The van der Waals surface area contributed by atoms with Gasteiger partial charge in [-0.1, -0.05) is 11.6 Å². The Labute approximate surface area is 143 Å². The first kappa shape index (κ1) is 18.2. The molecule has 5 nitrogen and oxygen atoms in total. The summed E-state index contributed by atoms with van der Waals surface area (Å²) in [6.45, 7) is 7.78. The Bertz CT molecular complexity index is 475. The van der Waals surface area contributed by atoms with Crippen molar-refractivity contribution >= 4 is 23.2 Å². The van der Waals surface area contributed by atoms with E-state index in [0.717, 1.165) is 51.5 Å². The molecule has 0 aliphatic carbocycles. The highest BCUT2D eigenvalue weighted by Gasteiger charge is 2.11. The highest BCUT2D eigenvalue weighted by atomic mass is 35.5. The van der Waals surface area contributed by atoms with Crippen LogP contribution in [-0.2, 0) is 9.53 Å². The van der Waals surface area contributed by atoms with Gasteiger partial charge in [0.2, 0.25) is 5.91 Å². The van der Waals surface area contributed by atoms with Crippen molar-refractivity contribution in [3.05, 3.63) is 29.3 Å². The quantitative estimate of drug-likeness (QED) is 0.714. The van der Waals surface area contributed by atoms with Gasteiger partial charge in [0, 0.05) is 36.3 Å². The van der Waals surface area contributed by atoms with Crippen molar-refractivity contribution in [2.45, 2.75) is 25.8 Å². The van der Waals surface area contributed by atoms with Gasteiger partial charge in [0.1, 0.15) is 0 Å². The minimum atomic E-state index is 0.0144. The Kier molecular flexibility index (Phi) is 7.82. The number of carbonyl (C=O) groups is 1. The smallest absolute Gasteiger partial charge is 0.225 e. The van der Waals surface area contributed by atoms with E-state index in [1.165, 1.54) is 0 Å². The summed E-state index contributed by atoms with van der Waals surface area (Å²) in [5.74, 6) is 0.0144. The molecule has 0 radical (unpaired) electrons. The van der Waals surface area contributed by atoms with E-state index in [4.69, 9.17) is 16.3 Å². The molecular formula is C17H26ClN3O2. The zero-order chi connectivity index (χ0) is 16.5. The molecule has 1 saturated heterocycles. The van der Waals surface area contributed by atoms with Gasteiger partial charge < -0.3 is 15.4 Å². The van der Waals surface area contributed by atoms with Crippen LogP contribution in [0.2, 0.25) is 5.02 Å². The third kappa shape index (κ3) is 7.31. The maximum Gasteiger partial charge on any atom is 0.225 e. The molecule has 1 amide bonds. The maximum atomic E-state index is 12.0. The van der Waals surface area contributed by atoms with Crippen molar-refractivity contribution in [1.29, 1.82) is 0 Å². The minimum Gasteiger partial charge on any atom is -0.379 e. The van der Waals surface area contributed by atoms with Gasteiger partial charge in [-0.05, 0) is 50.7 Å². The van der Waals surface area contributed by atoms with Gasteiger partial charge in [0.15, 0.2) is 0 Å². The molecule has 1 aliphatic heterocycles. The summed E-state index contributed by atoms with van der Waals surface area (Å²) in [6, 6.07) is 7.31. The summed E-state index contributed by atoms with van der Waals surface area (Å²) in [5.41, 5.74) is 0.777. The Balaban J connectivity index is 1.57. The molecule has 2 N–H and O–H groups in total. The van der Waals surface area contributed by atoms with Crippen molar-refractivity contribution in [3.8, 4) is 0 Å². The molecule has 1 heterocycles. The molecule has 0 bridgehead atoms. The van der Waals surface area contributed by atoms with Crippen LogP contribution in [0.15, 0.2) is 24.3 Å². The Morgan fingerprint density at radius 2 is 2.00 bits per heavy atom. The van der Waals surface area contributed by atoms with Crippen molar-refractivity contribution in [1.82, 2.24) is 10.2 Å². The predicted octanol–water partition coefficient (Wildman–Crippen LogP) is 2.37. The summed E-state index contributed by atoms with van der Waals surface area (Å²) < 4.78 is 5.33. The standard InChI is InChI=1S/C17H26ClN3O2/c1-14(19-7-2-8-21-9-11-23-12-10-21)13-17(22)20-16-5-3-15(18)4-6-16/h3-6,14,19H,2,7-13H2,1H3,(H,20,22)/t14-/m0/s1. The lowest BCUT2D eigenvalue weighted by molar-refractivity contribution is -0.116. The van der Waals surface area contributed by atoms with Crippen molar-refractivity contribution in [2.24, 2.45) is 0 Å². The number of benzene rings is 1. The van der Waals surface area contributed by atoms with Crippen LogP contribution in [-0.4, -0.2) is 56.2 Å². The van der Waals surface area contributed by atoms with Gasteiger partial charge in [0.05, 0.1) is 13.2 Å². The molecule has 2 rings (SSSR count). The van der Waals surface area contributed by atoms with Crippen LogP contribution in [0.5, 0.6) is 0 Å². The average molecular weight is 340 g/mol. The van der Waals surface area contributed by atoms with Crippen LogP contribution in [0.3, 0.4) is 0 Å². The largest absolute Gasteiger partial charge is 0.379 e. The molecule has 0 saturated carbocycles. The number of hydrogen-bond acceptors (Lipinski definition) is 4. The van der Waals surface area contributed by atoms with E-state index in [0.29, 0.717) is 11.4 Å². The molecule has 1 aliphatic rings. The average Bonchev–Trinajstić information content (AvgIpc) is 2.55. The number of ether oxygens (including phenoxy) is 1. The summed E-state index contributed by atoms with van der Waals surface area (Å²) in [4.78, 5) is 14.4. The topological polar surface area (TPSA) is 53.6 Å². The zero-order valence-corrected chi connectivity index (χ0v) is 14.4. The number of amides is 1. The molecule has 23 heavy (non-hydrogen) atoms. The van der Waals surface area contributed by atoms with Crippen LogP contribution >= 0.6 is 11.6 Å². The Morgan fingerprint density at radius 1 is 1.30 bits per heavy atom. The van der Waals surface area contributed by atoms with Crippen molar-refractivity contribution in [3.63, 3.8) is 0 Å². The van der Waals surface area contributed by atoms with Crippen LogP contribution < -0.4 is 10.6 Å². The van der Waals surface area contributed by atoms with Crippen molar-refractivity contribution in [2.75, 3.05) is 44.7 Å². The van der Waals surface area contributed by atoms with E-state index in [9.17, 15) is 4.79 Å². The first-order valence-electron chi connectivity index (χ1n) is 8.22. The lowest BCUT2D eigenvalue weighted by atomic mass is 10.2. The van der Waals surface area contributed by atoms with Gasteiger partial charge in [-0.2, -0.15) is 0 Å².